The van der Waals surface area contributed by atoms with Crippen LogP contribution in [0.2, 0.25) is 0 Å². The molecular weight excluding hydrogens is 328 g/mol. The van der Waals surface area contributed by atoms with E-state index in [2.05, 4.69) is 22.8 Å². The molecule has 4 heterocycles. The maximum Gasteiger partial charge on any atom is 0.330 e. The number of cyclic esters (lactones) is 1. The van der Waals surface area contributed by atoms with Gasteiger partial charge in [0.1, 0.15) is 12.6 Å². The topological polar surface area (TPSA) is 51.5 Å². The first-order valence-electron chi connectivity index (χ1n) is 9.32. The molecule has 1 fully saturated rings. The minimum atomic E-state index is -0.327. The molecule has 0 N–H and O–H groups in total. The normalized spacial score (nSPS) is 28.7. The lowest BCUT2D eigenvalue weighted by molar-refractivity contribution is -0.153. The van der Waals surface area contributed by atoms with Crippen molar-refractivity contribution in [3.63, 3.8) is 0 Å². The first kappa shape index (κ1) is 15.7. The van der Waals surface area contributed by atoms with Crippen molar-refractivity contribution >= 4 is 22.8 Å². The zero-order valence-corrected chi connectivity index (χ0v) is 15.1. The van der Waals surface area contributed by atoms with Gasteiger partial charge in [0.2, 0.25) is 5.91 Å². The molecule has 1 saturated heterocycles. The average Bonchev–Trinajstić information content (AvgIpc) is 2.98. The smallest absolute Gasteiger partial charge is 0.330 e. The fourth-order valence-electron chi connectivity index (χ4n) is 5.25. The molecule has 1 aromatic heterocycles. The van der Waals surface area contributed by atoms with E-state index in [1.165, 1.54) is 10.9 Å². The van der Waals surface area contributed by atoms with Crippen molar-refractivity contribution in [1.82, 2.24) is 9.47 Å². The Bertz CT molecular complexity index is 971. The Balaban J connectivity index is 1.82. The van der Waals surface area contributed by atoms with E-state index in [4.69, 9.17) is 4.74 Å². The minimum absolute atomic E-state index is 0.0331. The minimum Gasteiger partial charge on any atom is -0.460 e. The molecule has 3 aliphatic heterocycles. The fraction of sp³-hybridized carbons (Fsp3) is 0.429. The number of esters is 1. The van der Waals surface area contributed by atoms with Crippen LogP contribution in [0.4, 0.5) is 0 Å². The van der Waals surface area contributed by atoms with Gasteiger partial charge < -0.3 is 14.2 Å². The highest BCUT2D eigenvalue weighted by atomic mass is 16.5. The van der Waals surface area contributed by atoms with E-state index in [0.717, 1.165) is 36.2 Å². The summed E-state index contributed by atoms with van der Waals surface area (Å²) in [6, 6.07) is 7.99. The Kier molecular flexibility index (Phi) is 3.30. The number of nitrogens with zero attached hydrogens (tertiary/aromatic N) is 2. The maximum absolute atomic E-state index is 12.8. The van der Waals surface area contributed by atoms with E-state index in [9.17, 15) is 9.59 Å². The van der Waals surface area contributed by atoms with Crippen LogP contribution in [0, 0.1) is 5.92 Å². The SMILES string of the molecule is C/C=C1\COC(=O)[C@@H]2[C@H]1C[C@H]1c3c(c4ccccc4n32)CCN1C(C)=O. The Morgan fingerprint density at radius 1 is 1.31 bits per heavy atom. The van der Waals surface area contributed by atoms with Gasteiger partial charge in [-0.3, -0.25) is 4.79 Å². The third kappa shape index (κ3) is 1.91. The van der Waals surface area contributed by atoms with Crippen molar-refractivity contribution in [2.75, 3.05) is 13.2 Å². The molecule has 5 nitrogen and oxygen atoms in total. The number of carbonyl (C=O) groups excluding carboxylic acids is 2. The second-order valence-corrected chi connectivity index (χ2v) is 7.49. The Hall–Kier alpha value is -2.56. The quantitative estimate of drug-likeness (QED) is 0.542. The Morgan fingerprint density at radius 3 is 2.88 bits per heavy atom. The number of carbonyl (C=O) groups is 2. The number of rotatable bonds is 0. The van der Waals surface area contributed by atoms with Crippen molar-refractivity contribution in [2.24, 2.45) is 5.92 Å². The predicted octanol–water partition coefficient (Wildman–Crippen LogP) is 3.15. The zero-order chi connectivity index (χ0) is 18.0. The standard InChI is InChI=1S/C21H22N2O3/c1-3-13-11-26-21(25)20-16(13)10-18-19-15(8-9-22(18)12(2)24)14-6-4-5-7-17(14)23(19)20/h3-7,16,18,20H,8-11H2,1-2H3/b13-3+/t16-,18-,20-/m0/s1. The molecule has 2 aromatic rings. The number of hydrogen-bond acceptors (Lipinski definition) is 3. The van der Waals surface area contributed by atoms with Gasteiger partial charge in [0.05, 0.1) is 6.04 Å². The molecule has 3 atom stereocenters. The van der Waals surface area contributed by atoms with E-state index in [-0.39, 0.29) is 29.9 Å². The van der Waals surface area contributed by atoms with Gasteiger partial charge in [0.15, 0.2) is 0 Å². The highest BCUT2D eigenvalue weighted by Gasteiger charge is 2.49. The van der Waals surface area contributed by atoms with E-state index >= 15 is 0 Å². The number of allylic oxidation sites excluding steroid dienone is 1. The summed E-state index contributed by atoms with van der Waals surface area (Å²) >= 11 is 0. The lowest BCUT2D eigenvalue weighted by atomic mass is 9.78. The lowest BCUT2D eigenvalue weighted by Gasteiger charge is -2.46. The summed E-state index contributed by atoms with van der Waals surface area (Å²) in [6.45, 7) is 4.76. The van der Waals surface area contributed by atoms with Crippen LogP contribution in [-0.2, 0) is 20.7 Å². The van der Waals surface area contributed by atoms with Gasteiger partial charge in [0, 0.05) is 36.0 Å². The molecule has 1 aromatic carbocycles. The molecule has 0 aliphatic carbocycles. The van der Waals surface area contributed by atoms with Crippen molar-refractivity contribution in [3.8, 4) is 0 Å². The van der Waals surface area contributed by atoms with Crippen LogP contribution in [-0.4, -0.2) is 34.5 Å². The highest BCUT2D eigenvalue weighted by molar-refractivity contribution is 5.90. The summed E-state index contributed by atoms with van der Waals surface area (Å²) < 4.78 is 7.70. The number of amides is 1. The molecular formula is C21H22N2O3. The van der Waals surface area contributed by atoms with Gasteiger partial charge in [0.25, 0.3) is 0 Å². The van der Waals surface area contributed by atoms with Gasteiger partial charge in [-0.2, -0.15) is 0 Å². The van der Waals surface area contributed by atoms with E-state index < -0.39 is 0 Å². The number of hydrogen-bond donors (Lipinski definition) is 0. The number of fused-ring (bicyclic) bond motifs is 5. The number of para-hydroxylation sites is 1. The predicted molar refractivity (Wildman–Crippen MR) is 97.6 cm³/mol. The van der Waals surface area contributed by atoms with Gasteiger partial charge in [-0.1, -0.05) is 24.3 Å². The first-order chi connectivity index (χ1) is 12.6. The molecule has 26 heavy (non-hydrogen) atoms. The van der Waals surface area contributed by atoms with Gasteiger partial charge in [-0.15, -0.1) is 0 Å². The summed E-state index contributed by atoms with van der Waals surface area (Å²) in [5.74, 6) is 0.0428. The molecule has 5 rings (SSSR count). The molecule has 0 unspecified atom stereocenters. The largest absolute Gasteiger partial charge is 0.460 e. The van der Waals surface area contributed by atoms with Gasteiger partial charge >= 0.3 is 5.97 Å². The van der Waals surface area contributed by atoms with Crippen LogP contribution in [0.3, 0.4) is 0 Å². The summed E-state index contributed by atoms with van der Waals surface area (Å²) in [5, 5.41) is 1.21. The lowest BCUT2D eigenvalue weighted by Crippen LogP contribution is -2.48. The molecule has 134 valence electrons. The number of aromatic nitrogens is 1. The van der Waals surface area contributed by atoms with Crippen LogP contribution < -0.4 is 0 Å². The van der Waals surface area contributed by atoms with E-state index in [1.54, 1.807) is 6.92 Å². The molecule has 1 amide bonds. The Labute approximate surface area is 152 Å². The van der Waals surface area contributed by atoms with Crippen LogP contribution in [0.25, 0.3) is 10.9 Å². The number of benzene rings is 1. The van der Waals surface area contributed by atoms with Crippen LogP contribution in [0.15, 0.2) is 35.9 Å². The zero-order valence-electron chi connectivity index (χ0n) is 15.1. The summed E-state index contributed by atoms with van der Waals surface area (Å²) in [6.07, 6.45) is 3.70. The van der Waals surface area contributed by atoms with E-state index in [0.29, 0.717) is 6.61 Å². The molecule has 5 heteroatoms. The molecule has 0 radical (unpaired) electrons. The summed E-state index contributed by atoms with van der Waals surface area (Å²) in [7, 11) is 0. The van der Waals surface area contributed by atoms with Crippen LogP contribution >= 0.6 is 0 Å². The Morgan fingerprint density at radius 2 is 2.12 bits per heavy atom. The number of ether oxygens (including phenoxy) is 1. The van der Waals surface area contributed by atoms with Crippen molar-refractivity contribution in [2.45, 2.75) is 38.8 Å². The van der Waals surface area contributed by atoms with E-state index in [1.807, 2.05) is 24.0 Å². The molecule has 0 spiro atoms. The second kappa shape index (κ2) is 5.47. The van der Waals surface area contributed by atoms with Crippen molar-refractivity contribution in [1.29, 1.82) is 0 Å². The third-order valence-corrected chi connectivity index (χ3v) is 6.36. The monoisotopic (exact) mass is 350 g/mol. The average molecular weight is 350 g/mol. The van der Waals surface area contributed by atoms with Gasteiger partial charge in [-0.25, -0.2) is 4.79 Å². The second-order valence-electron chi connectivity index (χ2n) is 7.49. The molecule has 3 aliphatic rings. The summed E-state index contributed by atoms with van der Waals surface area (Å²) in [5.41, 5.74) is 4.68. The third-order valence-electron chi connectivity index (χ3n) is 6.36. The van der Waals surface area contributed by atoms with Crippen molar-refractivity contribution < 1.29 is 14.3 Å². The van der Waals surface area contributed by atoms with Crippen LogP contribution in [0.5, 0.6) is 0 Å². The highest BCUT2D eigenvalue weighted by Crippen LogP contribution is 2.51. The fourth-order valence-corrected chi connectivity index (χ4v) is 5.25. The van der Waals surface area contributed by atoms with Crippen LogP contribution in [0.1, 0.15) is 43.6 Å². The maximum atomic E-state index is 12.8. The molecule has 0 bridgehead atoms. The summed E-state index contributed by atoms with van der Waals surface area (Å²) in [4.78, 5) is 27.1. The van der Waals surface area contributed by atoms with Crippen molar-refractivity contribution in [3.05, 3.63) is 47.2 Å². The van der Waals surface area contributed by atoms with Gasteiger partial charge in [-0.05, 0) is 37.0 Å². The molecule has 0 saturated carbocycles. The first-order valence-corrected chi connectivity index (χ1v) is 9.32.